The van der Waals surface area contributed by atoms with E-state index >= 15 is 0 Å². The first-order chi connectivity index (χ1) is 8.65. The Balaban J connectivity index is 1.97. The number of aryl methyl sites for hydroxylation is 2. The third kappa shape index (κ3) is 3.07. The molecule has 0 amide bonds. The average molecular weight is 242 g/mol. The molecule has 0 bridgehead atoms. The van der Waals surface area contributed by atoms with Gasteiger partial charge in [0.1, 0.15) is 5.76 Å². The molecule has 0 aliphatic rings. The van der Waals surface area contributed by atoms with Gasteiger partial charge in [-0.15, -0.1) is 0 Å². The van der Waals surface area contributed by atoms with Gasteiger partial charge in [0, 0.05) is 23.9 Å². The van der Waals surface area contributed by atoms with Gasteiger partial charge < -0.3 is 9.84 Å². The number of allylic oxidation sites excluding steroid dienone is 1. The Morgan fingerprint density at radius 1 is 1.28 bits per heavy atom. The number of carbonyl (C=O) groups is 1. The molecule has 1 aromatic carbocycles. The molecule has 0 aliphatic carbocycles. The first-order valence-electron chi connectivity index (χ1n) is 5.62. The standard InChI is InChI=1S/C14H14N2O2/c1-10-3-5-12(6-4-10)13(17)7-8-15-14-9-11(2)18-16-14/h3-9H,1-2H3,(H,15,16)/b8-7+. The summed E-state index contributed by atoms with van der Waals surface area (Å²) in [6.45, 7) is 3.79. The summed E-state index contributed by atoms with van der Waals surface area (Å²) >= 11 is 0. The SMILES string of the molecule is Cc1ccc(C(=O)/C=C/Nc2cc(C)on2)cc1. The Morgan fingerprint density at radius 3 is 2.61 bits per heavy atom. The molecule has 2 aromatic rings. The van der Waals surface area contributed by atoms with E-state index in [2.05, 4.69) is 10.5 Å². The zero-order chi connectivity index (χ0) is 13.0. The zero-order valence-electron chi connectivity index (χ0n) is 10.3. The van der Waals surface area contributed by atoms with Crippen molar-refractivity contribution in [2.45, 2.75) is 13.8 Å². The summed E-state index contributed by atoms with van der Waals surface area (Å²) in [6.07, 6.45) is 3.02. The molecule has 92 valence electrons. The van der Waals surface area contributed by atoms with Gasteiger partial charge in [0.05, 0.1) is 0 Å². The van der Waals surface area contributed by atoms with E-state index < -0.39 is 0 Å². The quantitative estimate of drug-likeness (QED) is 0.661. The van der Waals surface area contributed by atoms with Crippen LogP contribution in [0.4, 0.5) is 5.82 Å². The van der Waals surface area contributed by atoms with Crippen molar-refractivity contribution >= 4 is 11.6 Å². The summed E-state index contributed by atoms with van der Waals surface area (Å²) < 4.78 is 4.89. The molecule has 0 unspecified atom stereocenters. The van der Waals surface area contributed by atoms with Gasteiger partial charge in [0.15, 0.2) is 11.6 Å². The minimum atomic E-state index is -0.0530. The Hall–Kier alpha value is -2.36. The summed E-state index contributed by atoms with van der Waals surface area (Å²) in [5.41, 5.74) is 1.79. The van der Waals surface area contributed by atoms with Gasteiger partial charge >= 0.3 is 0 Å². The number of ketones is 1. The molecule has 0 aliphatic heterocycles. The molecule has 0 fully saturated rings. The van der Waals surface area contributed by atoms with Crippen LogP contribution < -0.4 is 5.32 Å². The second-order valence-corrected chi connectivity index (χ2v) is 4.03. The van der Waals surface area contributed by atoms with E-state index in [1.165, 1.54) is 6.08 Å². The predicted molar refractivity (Wildman–Crippen MR) is 69.5 cm³/mol. The van der Waals surface area contributed by atoms with Crippen molar-refractivity contribution in [3.8, 4) is 0 Å². The zero-order valence-corrected chi connectivity index (χ0v) is 10.3. The normalized spacial score (nSPS) is 10.8. The first kappa shape index (κ1) is 12.1. The maximum absolute atomic E-state index is 11.8. The van der Waals surface area contributed by atoms with Gasteiger partial charge in [-0.25, -0.2) is 0 Å². The maximum atomic E-state index is 11.8. The number of rotatable bonds is 4. The van der Waals surface area contributed by atoms with Crippen molar-refractivity contribution in [3.05, 3.63) is 59.5 Å². The maximum Gasteiger partial charge on any atom is 0.187 e. The number of nitrogens with zero attached hydrogens (tertiary/aromatic N) is 1. The van der Waals surface area contributed by atoms with Crippen molar-refractivity contribution < 1.29 is 9.32 Å². The summed E-state index contributed by atoms with van der Waals surface area (Å²) in [4.78, 5) is 11.8. The van der Waals surface area contributed by atoms with Crippen LogP contribution in [-0.4, -0.2) is 10.9 Å². The lowest BCUT2D eigenvalue weighted by atomic mass is 10.1. The van der Waals surface area contributed by atoms with Gasteiger partial charge in [-0.05, 0) is 13.8 Å². The molecule has 0 saturated carbocycles. The summed E-state index contributed by atoms with van der Waals surface area (Å²) in [5, 5.41) is 6.62. The molecule has 0 radical (unpaired) electrons. The van der Waals surface area contributed by atoms with Crippen LogP contribution >= 0.6 is 0 Å². The van der Waals surface area contributed by atoms with Gasteiger partial charge in [-0.3, -0.25) is 4.79 Å². The third-order valence-electron chi connectivity index (χ3n) is 2.43. The third-order valence-corrected chi connectivity index (χ3v) is 2.43. The number of benzene rings is 1. The van der Waals surface area contributed by atoms with Crippen LogP contribution in [0.2, 0.25) is 0 Å². The van der Waals surface area contributed by atoms with E-state index in [9.17, 15) is 4.79 Å². The van der Waals surface area contributed by atoms with E-state index in [1.807, 2.05) is 31.2 Å². The monoisotopic (exact) mass is 242 g/mol. The molecule has 4 nitrogen and oxygen atoms in total. The van der Waals surface area contributed by atoms with Crippen molar-refractivity contribution in [1.82, 2.24) is 5.16 Å². The number of carbonyl (C=O) groups excluding carboxylic acids is 1. The molecule has 0 spiro atoms. The van der Waals surface area contributed by atoms with Gasteiger partial charge in [-0.2, -0.15) is 0 Å². The lowest BCUT2D eigenvalue weighted by Crippen LogP contribution is -1.96. The van der Waals surface area contributed by atoms with Gasteiger partial charge in [-0.1, -0.05) is 35.0 Å². The summed E-state index contributed by atoms with van der Waals surface area (Å²) in [6, 6.07) is 9.19. The summed E-state index contributed by atoms with van der Waals surface area (Å²) in [7, 11) is 0. The number of aromatic nitrogens is 1. The minimum Gasteiger partial charge on any atom is -0.360 e. The molecular formula is C14H14N2O2. The number of hydrogen-bond acceptors (Lipinski definition) is 4. The van der Waals surface area contributed by atoms with Crippen molar-refractivity contribution in [2.24, 2.45) is 0 Å². The van der Waals surface area contributed by atoms with Crippen LogP contribution in [0.5, 0.6) is 0 Å². The van der Waals surface area contributed by atoms with Crippen molar-refractivity contribution in [3.63, 3.8) is 0 Å². The largest absolute Gasteiger partial charge is 0.360 e. The highest BCUT2D eigenvalue weighted by Gasteiger charge is 2.01. The number of nitrogens with one attached hydrogen (secondary N) is 1. The predicted octanol–water partition coefficient (Wildman–Crippen LogP) is 3.10. The fourth-order valence-electron chi connectivity index (χ4n) is 1.45. The van der Waals surface area contributed by atoms with E-state index in [0.717, 1.165) is 11.3 Å². The van der Waals surface area contributed by atoms with E-state index in [-0.39, 0.29) is 5.78 Å². The lowest BCUT2D eigenvalue weighted by Gasteiger charge is -1.96. The fraction of sp³-hybridized carbons (Fsp3) is 0.143. The molecule has 18 heavy (non-hydrogen) atoms. The Labute approximate surface area is 105 Å². The van der Waals surface area contributed by atoms with Gasteiger partial charge in [0.25, 0.3) is 0 Å². The second-order valence-electron chi connectivity index (χ2n) is 4.03. The smallest absolute Gasteiger partial charge is 0.187 e. The summed E-state index contributed by atoms with van der Waals surface area (Å²) in [5.74, 6) is 1.25. The van der Waals surface area contributed by atoms with Crippen LogP contribution in [-0.2, 0) is 0 Å². The van der Waals surface area contributed by atoms with Crippen LogP contribution in [0.1, 0.15) is 21.7 Å². The molecular weight excluding hydrogens is 228 g/mol. The molecule has 0 atom stereocenters. The molecule has 0 saturated heterocycles. The van der Waals surface area contributed by atoms with E-state index in [1.54, 1.807) is 19.2 Å². The highest BCUT2D eigenvalue weighted by atomic mass is 16.5. The van der Waals surface area contributed by atoms with Gasteiger partial charge in [0.2, 0.25) is 0 Å². The Bertz CT molecular complexity index is 568. The van der Waals surface area contributed by atoms with Crippen molar-refractivity contribution in [2.75, 3.05) is 5.32 Å². The van der Waals surface area contributed by atoms with Crippen LogP contribution in [0.25, 0.3) is 0 Å². The first-order valence-corrected chi connectivity index (χ1v) is 5.62. The Kier molecular flexibility index (Phi) is 3.57. The topological polar surface area (TPSA) is 55.1 Å². The fourth-order valence-corrected chi connectivity index (χ4v) is 1.45. The average Bonchev–Trinajstić information content (AvgIpc) is 2.76. The highest BCUT2D eigenvalue weighted by molar-refractivity contribution is 6.04. The molecule has 1 aromatic heterocycles. The lowest BCUT2D eigenvalue weighted by molar-refractivity contribution is 0.104. The van der Waals surface area contributed by atoms with Crippen LogP contribution in [0.3, 0.4) is 0 Å². The minimum absolute atomic E-state index is 0.0530. The number of anilines is 1. The molecule has 2 rings (SSSR count). The van der Waals surface area contributed by atoms with E-state index in [0.29, 0.717) is 11.4 Å². The molecule has 4 heteroatoms. The van der Waals surface area contributed by atoms with Crippen LogP contribution in [0.15, 0.2) is 47.1 Å². The van der Waals surface area contributed by atoms with Crippen molar-refractivity contribution in [1.29, 1.82) is 0 Å². The van der Waals surface area contributed by atoms with E-state index in [4.69, 9.17) is 4.52 Å². The second kappa shape index (κ2) is 5.31. The Morgan fingerprint density at radius 2 is 2.00 bits per heavy atom. The highest BCUT2D eigenvalue weighted by Crippen LogP contribution is 2.07. The molecule has 1 heterocycles. The molecule has 1 N–H and O–H groups in total. The number of hydrogen-bond donors (Lipinski definition) is 1. The van der Waals surface area contributed by atoms with Crippen LogP contribution in [0, 0.1) is 13.8 Å².